The van der Waals surface area contributed by atoms with Crippen LogP contribution in [0.15, 0.2) is 35.0 Å². The lowest BCUT2D eigenvalue weighted by atomic mass is 9.97. The summed E-state index contributed by atoms with van der Waals surface area (Å²) in [5, 5.41) is 6.96. The zero-order valence-electron chi connectivity index (χ0n) is 12.6. The molecular weight excluding hydrogens is 380 g/mol. The average Bonchev–Trinajstić information content (AvgIpc) is 3.03. The first-order chi connectivity index (χ1) is 11.0. The normalized spacial score (nSPS) is 17.3. The van der Waals surface area contributed by atoms with E-state index >= 15 is 0 Å². The Hall–Kier alpha value is -0.790. The number of hydrogen-bond donors (Lipinski definition) is 1. The van der Waals surface area contributed by atoms with Crippen LogP contribution in [0.4, 0.5) is 13.2 Å². The van der Waals surface area contributed by atoms with Gasteiger partial charge in [0, 0.05) is 26.2 Å². The predicted molar refractivity (Wildman–Crippen MR) is 94.3 cm³/mol. The summed E-state index contributed by atoms with van der Waals surface area (Å²) in [6, 6.07) is 6.02. The quantitative estimate of drug-likeness (QED) is 0.798. The van der Waals surface area contributed by atoms with Crippen molar-refractivity contribution in [3.63, 3.8) is 0 Å². The van der Waals surface area contributed by atoms with Gasteiger partial charge in [-0.05, 0) is 40.1 Å². The van der Waals surface area contributed by atoms with Gasteiger partial charge in [0.25, 0.3) is 0 Å². The van der Waals surface area contributed by atoms with Crippen molar-refractivity contribution in [3.05, 3.63) is 56.7 Å². The third kappa shape index (κ3) is 4.24. The Kier molecular flexibility index (Phi) is 6.56. The van der Waals surface area contributed by atoms with Crippen LogP contribution in [-0.4, -0.2) is 31.1 Å². The number of thiophene rings is 1. The van der Waals surface area contributed by atoms with Gasteiger partial charge in [0.05, 0.1) is 16.6 Å². The number of halogens is 5. The molecule has 0 bridgehead atoms. The molecule has 0 amide bonds. The van der Waals surface area contributed by atoms with E-state index in [0.717, 1.165) is 31.7 Å². The second kappa shape index (κ2) is 8.06. The van der Waals surface area contributed by atoms with Crippen molar-refractivity contribution in [2.24, 2.45) is 0 Å². The van der Waals surface area contributed by atoms with Gasteiger partial charge in [-0.15, -0.1) is 12.4 Å². The summed E-state index contributed by atoms with van der Waals surface area (Å²) in [6.45, 7) is 3.26. The van der Waals surface area contributed by atoms with Crippen molar-refractivity contribution in [2.75, 3.05) is 26.2 Å². The summed E-state index contributed by atoms with van der Waals surface area (Å²) in [5.74, 6) is 0. The van der Waals surface area contributed by atoms with Crippen molar-refractivity contribution in [3.8, 4) is 0 Å². The van der Waals surface area contributed by atoms with E-state index in [1.54, 1.807) is 17.4 Å². The highest BCUT2D eigenvalue weighted by Crippen LogP contribution is 2.38. The second-order valence-electron chi connectivity index (χ2n) is 5.48. The molecule has 1 atom stereocenters. The van der Waals surface area contributed by atoms with Gasteiger partial charge in [-0.1, -0.05) is 17.7 Å². The Morgan fingerprint density at radius 1 is 1.12 bits per heavy atom. The molecule has 0 unspecified atom stereocenters. The maximum absolute atomic E-state index is 13.2. The number of piperazine rings is 1. The fraction of sp³-hybridized carbons (Fsp3) is 0.375. The van der Waals surface area contributed by atoms with Crippen LogP contribution in [0.1, 0.15) is 22.7 Å². The molecular formula is C16H17Cl2F3N2S. The number of benzene rings is 1. The molecule has 1 aromatic heterocycles. The van der Waals surface area contributed by atoms with E-state index in [4.69, 9.17) is 11.6 Å². The molecule has 24 heavy (non-hydrogen) atoms. The first-order valence-corrected chi connectivity index (χ1v) is 8.62. The molecule has 1 aliphatic rings. The number of hydrogen-bond acceptors (Lipinski definition) is 3. The van der Waals surface area contributed by atoms with Crippen molar-refractivity contribution >= 4 is 35.3 Å². The molecule has 2 nitrogen and oxygen atoms in total. The molecule has 1 saturated heterocycles. The molecule has 0 spiro atoms. The van der Waals surface area contributed by atoms with Crippen LogP contribution in [0, 0.1) is 0 Å². The minimum absolute atomic E-state index is 0. The molecule has 0 aliphatic carbocycles. The van der Waals surface area contributed by atoms with E-state index in [1.165, 1.54) is 12.1 Å². The molecule has 3 rings (SSSR count). The zero-order valence-corrected chi connectivity index (χ0v) is 15.0. The van der Waals surface area contributed by atoms with E-state index in [-0.39, 0.29) is 23.5 Å². The van der Waals surface area contributed by atoms with Gasteiger partial charge in [0.2, 0.25) is 0 Å². The summed E-state index contributed by atoms with van der Waals surface area (Å²) < 4.78 is 39.5. The Morgan fingerprint density at radius 3 is 2.42 bits per heavy atom. The highest BCUT2D eigenvalue weighted by atomic mass is 35.5. The molecule has 0 radical (unpaired) electrons. The topological polar surface area (TPSA) is 15.3 Å². The highest BCUT2D eigenvalue weighted by molar-refractivity contribution is 7.08. The van der Waals surface area contributed by atoms with Crippen LogP contribution >= 0.6 is 35.3 Å². The van der Waals surface area contributed by atoms with Gasteiger partial charge in [0.15, 0.2) is 0 Å². The second-order valence-corrected chi connectivity index (χ2v) is 6.67. The number of rotatable bonds is 3. The number of nitrogens with zero attached hydrogens (tertiary/aromatic N) is 1. The summed E-state index contributed by atoms with van der Waals surface area (Å²) in [5.41, 5.74) is 0.876. The fourth-order valence-corrected chi connectivity index (χ4v) is 3.82. The minimum atomic E-state index is -4.45. The van der Waals surface area contributed by atoms with Gasteiger partial charge in [-0.3, -0.25) is 4.90 Å². The lowest BCUT2D eigenvalue weighted by Gasteiger charge is -2.35. The highest BCUT2D eigenvalue weighted by Gasteiger charge is 2.35. The van der Waals surface area contributed by atoms with Gasteiger partial charge < -0.3 is 5.32 Å². The molecule has 1 aromatic carbocycles. The molecule has 1 fully saturated rings. The summed E-state index contributed by atoms with van der Waals surface area (Å²) >= 11 is 7.30. The number of alkyl halides is 3. The predicted octanol–water partition coefficient (Wildman–Crippen LogP) is 4.84. The third-order valence-electron chi connectivity index (χ3n) is 3.99. The smallest absolute Gasteiger partial charge is 0.314 e. The van der Waals surface area contributed by atoms with Crippen LogP contribution in [0.3, 0.4) is 0 Å². The fourth-order valence-electron chi connectivity index (χ4n) is 2.92. The molecule has 132 valence electrons. The van der Waals surface area contributed by atoms with Crippen LogP contribution in [0.2, 0.25) is 5.02 Å². The minimum Gasteiger partial charge on any atom is -0.314 e. The average molecular weight is 397 g/mol. The first kappa shape index (κ1) is 19.5. The van der Waals surface area contributed by atoms with Gasteiger partial charge in [-0.25, -0.2) is 0 Å². The summed E-state index contributed by atoms with van der Waals surface area (Å²) in [6.07, 6.45) is -4.45. The van der Waals surface area contributed by atoms with Gasteiger partial charge in [0.1, 0.15) is 0 Å². The molecule has 8 heteroatoms. The van der Waals surface area contributed by atoms with Crippen molar-refractivity contribution in [1.29, 1.82) is 0 Å². The third-order valence-corrected chi connectivity index (χ3v) is 5.02. The molecule has 2 aromatic rings. The van der Waals surface area contributed by atoms with E-state index < -0.39 is 11.7 Å². The van der Waals surface area contributed by atoms with E-state index in [2.05, 4.69) is 10.2 Å². The summed E-state index contributed by atoms with van der Waals surface area (Å²) in [7, 11) is 0. The lowest BCUT2D eigenvalue weighted by molar-refractivity contribution is -0.137. The van der Waals surface area contributed by atoms with Crippen LogP contribution < -0.4 is 5.32 Å². The Bertz CT molecular complexity index is 656. The maximum atomic E-state index is 13.2. The lowest BCUT2D eigenvalue weighted by Crippen LogP contribution is -2.45. The van der Waals surface area contributed by atoms with Gasteiger partial charge >= 0.3 is 6.18 Å². The Labute approximate surface area is 154 Å². The van der Waals surface area contributed by atoms with Crippen LogP contribution in [0.5, 0.6) is 0 Å². The summed E-state index contributed by atoms with van der Waals surface area (Å²) in [4.78, 5) is 2.21. The standard InChI is InChI=1S/C16H16ClF3N2S.ClH/c17-14-2-1-11(9-13(14)16(18,19)20)15(12-3-8-23-10-12)22-6-4-21-5-7-22;/h1-3,8-10,15,21H,4-7H2;1H/t15-;/m1./s1. The molecule has 0 saturated carbocycles. The van der Waals surface area contributed by atoms with E-state index in [9.17, 15) is 13.2 Å². The van der Waals surface area contributed by atoms with Crippen LogP contribution in [0.25, 0.3) is 0 Å². The molecule has 1 aliphatic heterocycles. The maximum Gasteiger partial charge on any atom is 0.417 e. The Morgan fingerprint density at radius 2 is 1.83 bits per heavy atom. The molecule has 2 heterocycles. The van der Waals surface area contributed by atoms with Crippen molar-refractivity contribution < 1.29 is 13.2 Å². The van der Waals surface area contributed by atoms with Gasteiger partial charge in [-0.2, -0.15) is 24.5 Å². The zero-order chi connectivity index (χ0) is 16.4. The van der Waals surface area contributed by atoms with Crippen molar-refractivity contribution in [2.45, 2.75) is 12.2 Å². The van der Waals surface area contributed by atoms with Crippen LogP contribution in [-0.2, 0) is 6.18 Å². The van der Waals surface area contributed by atoms with E-state index in [1.807, 2.05) is 16.8 Å². The number of nitrogens with one attached hydrogen (secondary N) is 1. The SMILES string of the molecule is Cl.FC(F)(F)c1cc([C@H](c2ccsc2)N2CCNCC2)ccc1Cl. The molecule has 1 N–H and O–H groups in total. The Balaban J connectivity index is 0.00000208. The first-order valence-electron chi connectivity index (χ1n) is 7.30. The van der Waals surface area contributed by atoms with E-state index in [0.29, 0.717) is 5.56 Å². The van der Waals surface area contributed by atoms with Crippen molar-refractivity contribution in [1.82, 2.24) is 10.2 Å². The largest absolute Gasteiger partial charge is 0.417 e. The monoisotopic (exact) mass is 396 g/mol.